The van der Waals surface area contributed by atoms with Gasteiger partial charge in [0.1, 0.15) is 11.3 Å². The number of aryl methyl sites for hydroxylation is 1. The van der Waals surface area contributed by atoms with Gasteiger partial charge in [-0.25, -0.2) is 14.6 Å². The Morgan fingerprint density at radius 2 is 1.67 bits per heavy atom. The first-order valence-corrected chi connectivity index (χ1v) is 17.7. The molecule has 1 amide bonds. The molecule has 1 saturated heterocycles. The first-order valence-electron chi connectivity index (χ1n) is 15.9. The van der Waals surface area contributed by atoms with Crippen molar-refractivity contribution in [2.24, 2.45) is 5.10 Å². The minimum absolute atomic E-state index is 0.0591. The number of hydrazone groups is 1. The summed E-state index contributed by atoms with van der Waals surface area (Å²) in [6, 6.07) is 8.04. The largest absolute Gasteiger partial charge is 0.464 e. The fraction of sp³-hybridized carbons (Fsp3) is 0.500. The number of halogens is 5. The minimum Gasteiger partial charge on any atom is -0.464 e. The molecule has 0 aromatic heterocycles. The van der Waals surface area contributed by atoms with E-state index in [1.54, 1.807) is 52.1 Å². The first-order chi connectivity index (χ1) is 23.1. The van der Waals surface area contributed by atoms with Crippen molar-refractivity contribution in [1.29, 1.82) is 0 Å². The predicted octanol–water partition coefficient (Wildman–Crippen LogP) is 7.46. The highest BCUT2D eigenvalue weighted by molar-refractivity contribution is 6.51. The Kier molecular flexibility index (Phi) is 12.6. The van der Waals surface area contributed by atoms with Crippen LogP contribution in [-0.4, -0.2) is 66.8 Å². The third-order valence-electron chi connectivity index (χ3n) is 8.88. The lowest BCUT2D eigenvalue weighted by Crippen LogP contribution is -2.52. The maximum Gasteiger partial charge on any atom is 0.354 e. The van der Waals surface area contributed by atoms with Crippen molar-refractivity contribution < 1.29 is 33.4 Å². The number of Topliss-reactive ketones (excluding diaryl/α,β-unsaturated/α-hetero) is 1. The number of rotatable bonds is 8. The summed E-state index contributed by atoms with van der Waals surface area (Å²) in [7, 11) is 1.62. The van der Waals surface area contributed by atoms with Gasteiger partial charge < -0.3 is 19.5 Å². The average Bonchev–Trinajstić information content (AvgIpc) is 3.50. The molecule has 1 spiro atoms. The highest BCUT2D eigenvalue weighted by Crippen LogP contribution is 2.49. The van der Waals surface area contributed by atoms with Gasteiger partial charge in [0.05, 0.1) is 30.0 Å². The van der Waals surface area contributed by atoms with Crippen molar-refractivity contribution in [2.75, 3.05) is 25.3 Å². The van der Waals surface area contributed by atoms with Gasteiger partial charge in [-0.1, -0.05) is 64.9 Å². The fourth-order valence-electron chi connectivity index (χ4n) is 6.47. The summed E-state index contributed by atoms with van der Waals surface area (Å²) in [6.07, 6.45) is 3.16. The zero-order valence-corrected chi connectivity index (χ0v) is 31.5. The van der Waals surface area contributed by atoms with E-state index in [0.717, 1.165) is 12.8 Å². The predicted molar refractivity (Wildman–Crippen MR) is 191 cm³/mol. The van der Waals surface area contributed by atoms with Crippen LogP contribution in [0.4, 0.5) is 5.69 Å². The first kappa shape index (κ1) is 39.2. The Hall–Kier alpha value is -2.60. The standard InChI is InChI=1S/C18H20Cl3NO3.C16H18Cl2N2O4/c1-3-10-7-11(19)8-13(20)14(10)18(21)15(23)17(22-16(18)24)6-4-5-12(9-17)25-2;1-4-23-14(21)12-9-16(3,15(22)24-5-2)20(19-12)13-7-6-10(17)8-11(13)18/h7-8,12H,3-6,9H2,1-2H3,(H,22,24);6-8H,4-5,9H2,1-3H3. The van der Waals surface area contributed by atoms with E-state index in [2.05, 4.69) is 10.4 Å². The highest BCUT2D eigenvalue weighted by atomic mass is 35.5. The molecule has 2 fully saturated rings. The molecule has 3 aliphatic rings. The van der Waals surface area contributed by atoms with Crippen LogP contribution in [0.5, 0.6) is 0 Å². The van der Waals surface area contributed by atoms with Gasteiger partial charge in [-0.2, -0.15) is 5.10 Å². The molecule has 0 radical (unpaired) electrons. The topological polar surface area (TPSA) is 124 Å². The quantitative estimate of drug-likeness (QED) is 0.167. The second kappa shape index (κ2) is 15.7. The van der Waals surface area contributed by atoms with Crippen LogP contribution in [0.25, 0.3) is 0 Å². The van der Waals surface area contributed by atoms with Gasteiger partial charge in [-0.15, -0.1) is 0 Å². The van der Waals surface area contributed by atoms with Crippen molar-refractivity contribution in [3.8, 4) is 0 Å². The molecule has 0 bridgehead atoms. The van der Waals surface area contributed by atoms with Gasteiger partial charge in [-0.05, 0) is 82.3 Å². The number of ketones is 1. The molecule has 2 aromatic carbocycles. The molecule has 10 nitrogen and oxygen atoms in total. The van der Waals surface area contributed by atoms with E-state index in [1.807, 2.05) is 6.92 Å². The number of benzene rings is 2. The van der Waals surface area contributed by atoms with Gasteiger partial charge in [0.25, 0.3) is 5.91 Å². The van der Waals surface area contributed by atoms with E-state index >= 15 is 0 Å². The summed E-state index contributed by atoms with van der Waals surface area (Å²) in [5, 5.41) is 9.99. The number of amides is 1. The van der Waals surface area contributed by atoms with Crippen LogP contribution < -0.4 is 10.3 Å². The van der Waals surface area contributed by atoms with Crippen LogP contribution in [0.3, 0.4) is 0 Å². The normalized spacial score (nSPS) is 26.2. The number of anilines is 1. The third-order valence-corrected chi connectivity index (χ3v) is 10.5. The lowest BCUT2D eigenvalue weighted by molar-refractivity contribution is -0.148. The molecule has 1 aliphatic carbocycles. The highest BCUT2D eigenvalue weighted by Gasteiger charge is 2.64. The number of alkyl halides is 1. The number of ether oxygens (including phenoxy) is 3. The van der Waals surface area contributed by atoms with Crippen LogP contribution in [0.2, 0.25) is 20.1 Å². The number of hydrogen-bond acceptors (Lipinski definition) is 9. The number of carbonyl (C=O) groups excluding carboxylic acids is 4. The van der Waals surface area contributed by atoms with Crippen molar-refractivity contribution in [2.45, 2.75) is 88.3 Å². The van der Waals surface area contributed by atoms with E-state index in [1.165, 1.54) is 11.1 Å². The van der Waals surface area contributed by atoms with Gasteiger partial charge >= 0.3 is 11.9 Å². The Morgan fingerprint density at radius 3 is 2.29 bits per heavy atom. The maximum absolute atomic E-state index is 13.4. The minimum atomic E-state index is -1.83. The number of methoxy groups -OCH3 is 1. The number of nitrogens with one attached hydrogen (secondary N) is 1. The summed E-state index contributed by atoms with van der Waals surface area (Å²) in [5.41, 5.74) is -0.551. The Morgan fingerprint density at radius 1 is 1.00 bits per heavy atom. The van der Waals surface area contributed by atoms with Gasteiger partial charge in [-0.3, -0.25) is 9.59 Å². The van der Waals surface area contributed by atoms with Crippen LogP contribution in [0.1, 0.15) is 70.9 Å². The van der Waals surface area contributed by atoms with Gasteiger partial charge in [0.15, 0.2) is 11.3 Å². The van der Waals surface area contributed by atoms with E-state index in [9.17, 15) is 19.2 Å². The van der Waals surface area contributed by atoms with Crippen molar-refractivity contribution in [3.63, 3.8) is 0 Å². The van der Waals surface area contributed by atoms with Crippen molar-refractivity contribution in [3.05, 3.63) is 61.5 Å². The summed E-state index contributed by atoms with van der Waals surface area (Å²) in [6.45, 7) is 7.39. The van der Waals surface area contributed by atoms with Crippen LogP contribution in [0.15, 0.2) is 35.4 Å². The Labute approximate surface area is 310 Å². The summed E-state index contributed by atoms with van der Waals surface area (Å²) in [5.74, 6) is -1.93. The Balaban J connectivity index is 0.000000221. The summed E-state index contributed by atoms with van der Waals surface area (Å²) >= 11 is 31.3. The van der Waals surface area contributed by atoms with E-state index < -0.39 is 33.8 Å². The molecule has 49 heavy (non-hydrogen) atoms. The third kappa shape index (κ3) is 7.55. The Bertz CT molecular complexity index is 1670. The fourth-order valence-corrected chi connectivity index (χ4v) is 8.14. The van der Waals surface area contributed by atoms with Gasteiger partial charge in [0, 0.05) is 40.6 Å². The van der Waals surface area contributed by atoms with E-state index in [0.29, 0.717) is 51.1 Å². The molecule has 4 atom stereocenters. The van der Waals surface area contributed by atoms with Crippen molar-refractivity contribution >= 4 is 93.0 Å². The lowest BCUT2D eigenvalue weighted by atomic mass is 9.75. The lowest BCUT2D eigenvalue weighted by Gasteiger charge is -2.36. The number of esters is 2. The zero-order valence-electron chi connectivity index (χ0n) is 27.8. The van der Waals surface area contributed by atoms with Gasteiger partial charge in [0.2, 0.25) is 4.87 Å². The van der Waals surface area contributed by atoms with Crippen LogP contribution >= 0.6 is 58.0 Å². The van der Waals surface area contributed by atoms with Crippen LogP contribution in [-0.2, 0) is 44.7 Å². The molecule has 15 heteroatoms. The second-order valence-corrected chi connectivity index (χ2v) is 14.4. The van der Waals surface area contributed by atoms with Crippen LogP contribution in [0, 0.1) is 0 Å². The number of carbonyl (C=O) groups is 4. The zero-order chi connectivity index (χ0) is 36.3. The molecule has 2 aliphatic heterocycles. The maximum atomic E-state index is 13.4. The molecule has 266 valence electrons. The molecule has 4 unspecified atom stereocenters. The average molecular weight is 778 g/mol. The smallest absolute Gasteiger partial charge is 0.354 e. The summed E-state index contributed by atoms with van der Waals surface area (Å²) < 4.78 is 15.6. The second-order valence-electron chi connectivity index (χ2n) is 12.1. The monoisotopic (exact) mass is 775 g/mol. The van der Waals surface area contributed by atoms with E-state index in [4.69, 9.17) is 72.2 Å². The SMILES string of the molecule is CCOC(=O)C1=NN(c2ccc(Cl)cc2Cl)C(C)(C(=O)OCC)C1.CCc1cc(Cl)cc(Cl)c1C1(Cl)C(=O)NC2(CCCC(OC)C2)C1=O. The molecule has 2 heterocycles. The molecule has 2 aromatic rings. The number of hydrogen-bond donors (Lipinski definition) is 1. The molecular formula is C34H38Cl5N3O7. The molecule has 1 saturated carbocycles. The molecule has 5 rings (SSSR count). The summed E-state index contributed by atoms with van der Waals surface area (Å²) in [4.78, 5) is 49.0. The van der Waals surface area contributed by atoms with Crippen molar-refractivity contribution in [1.82, 2.24) is 5.32 Å². The molecule has 1 N–H and O–H groups in total. The van der Waals surface area contributed by atoms with E-state index in [-0.39, 0.29) is 42.3 Å². The molecular weight excluding hydrogens is 740 g/mol. The number of nitrogens with zero attached hydrogens (tertiary/aromatic N) is 2.